The van der Waals surface area contributed by atoms with E-state index >= 15 is 0 Å². The number of hydrogen-bond acceptors (Lipinski definition) is 3. The van der Waals surface area contributed by atoms with Crippen LogP contribution in [0.3, 0.4) is 0 Å². The molecule has 0 unspecified atom stereocenters. The highest BCUT2D eigenvalue weighted by atomic mass is 79.9. The maximum atomic E-state index is 11.8. The van der Waals surface area contributed by atoms with E-state index in [2.05, 4.69) is 15.9 Å². The Labute approximate surface area is 111 Å². The Kier molecular flexibility index (Phi) is 4.43. The number of carbonyl (C=O) groups is 3. The lowest BCUT2D eigenvalue weighted by Crippen LogP contribution is -2.41. The quantitative estimate of drug-likeness (QED) is 0.814. The van der Waals surface area contributed by atoms with Gasteiger partial charge < -0.3 is 15.1 Å². The third-order valence-electron chi connectivity index (χ3n) is 2.29. The number of benzene rings is 1. The first-order valence-electron chi connectivity index (χ1n) is 4.83. The zero-order valence-electron chi connectivity index (χ0n) is 9.33. The van der Waals surface area contributed by atoms with Crippen molar-refractivity contribution in [2.45, 2.75) is 0 Å². The van der Waals surface area contributed by atoms with Crippen molar-refractivity contribution >= 4 is 39.5 Å². The molecule has 7 heteroatoms. The standard InChI is InChI=1S/C11H10BrNO5/c1-13(7-4-2-6(12)3-5-7)9(14)8(10(15)16)11(17)18/h2-5,8H,1H3,(H,15,16)(H,17,18). The second-order valence-electron chi connectivity index (χ2n) is 3.48. The zero-order chi connectivity index (χ0) is 13.9. The van der Waals surface area contributed by atoms with Crippen LogP contribution in [0.25, 0.3) is 0 Å². The molecule has 1 aromatic carbocycles. The number of anilines is 1. The Balaban J connectivity index is 2.99. The lowest BCUT2D eigenvalue weighted by molar-refractivity contribution is -0.157. The van der Waals surface area contributed by atoms with E-state index in [1.165, 1.54) is 7.05 Å². The van der Waals surface area contributed by atoms with Crippen molar-refractivity contribution in [2.24, 2.45) is 5.92 Å². The summed E-state index contributed by atoms with van der Waals surface area (Å²) in [5.41, 5.74) is 0.413. The van der Waals surface area contributed by atoms with E-state index in [4.69, 9.17) is 10.2 Å². The van der Waals surface area contributed by atoms with Crippen LogP contribution < -0.4 is 4.90 Å². The van der Waals surface area contributed by atoms with Gasteiger partial charge in [-0.15, -0.1) is 0 Å². The first kappa shape index (κ1) is 14.2. The summed E-state index contributed by atoms with van der Waals surface area (Å²) in [5, 5.41) is 17.4. The number of carboxylic acids is 2. The van der Waals surface area contributed by atoms with Crippen molar-refractivity contribution < 1.29 is 24.6 Å². The largest absolute Gasteiger partial charge is 0.480 e. The molecule has 18 heavy (non-hydrogen) atoms. The summed E-state index contributed by atoms with van der Waals surface area (Å²) < 4.78 is 0.792. The molecule has 0 heterocycles. The van der Waals surface area contributed by atoms with Crippen molar-refractivity contribution in [3.05, 3.63) is 28.7 Å². The number of carbonyl (C=O) groups excluding carboxylic acids is 1. The zero-order valence-corrected chi connectivity index (χ0v) is 10.9. The molecule has 6 nitrogen and oxygen atoms in total. The fourth-order valence-corrected chi connectivity index (χ4v) is 1.57. The lowest BCUT2D eigenvalue weighted by atomic mass is 10.1. The molecule has 0 saturated heterocycles. The van der Waals surface area contributed by atoms with Gasteiger partial charge in [-0.25, -0.2) is 0 Å². The number of halogens is 1. The Hall–Kier alpha value is -1.89. The van der Waals surface area contributed by atoms with Gasteiger partial charge in [0.15, 0.2) is 0 Å². The van der Waals surface area contributed by atoms with Gasteiger partial charge in [0.05, 0.1) is 0 Å². The minimum atomic E-state index is -2.10. The average Bonchev–Trinajstić information content (AvgIpc) is 2.28. The second-order valence-corrected chi connectivity index (χ2v) is 4.40. The van der Waals surface area contributed by atoms with Crippen LogP contribution in [-0.2, 0) is 14.4 Å². The molecule has 0 radical (unpaired) electrons. The van der Waals surface area contributed by atoms with Gasteiger partial charge in [-0.1, -0.05) is 15.9 Å². The van der Waals surface area contributed by atoms with E-state index in [9.17, 15) is 14.4 Å². The van der Waals surface area contributed by atoms with Crippen molar-refractivity contribution in [3.63, 3.8) is 0 Å². The molecular formula is C11H10BrNO5. The summed E-state index contributed by atoms with van der Waals surface area (Å²) in [4.78, 5) is 34.2. The number of nitrogens with zero attached hydrogens (tertiary/aromatic N) is 1. The molecule has 1 aromatic rings. The van der Waals surface area contributed by atoms with Crippen LogP contribution in [-0.4, -0.2) is 35.1 Å². The van der Waals surface area contributed by atoms with Crippen LogP contribution in [0.2, 0.25) is 0 Å². The van der Waals surface area contributed by atoms with E-state index in [1.807, 2.05) is 0 Å². The topological polar surface area (TPSA) is 94.9 Å². The summed E-state index contributed by atoms with van der Waals surface area (Å²) in [5.74, 6) is -6.47. The summed E-state index contributed by atoms with van der Waals surface area (Å²) in [7, 11) is 1.32. The minimum Gasteiger partial charge on any atom is -0.480 e. The van der Waals surface area contributed by atoms with Gasteiger partial charge in [0.25, 0.3) is 5.91 Å². The highest BCUT2D eigenvalue weighted by Gasteiger charge is 2.36. The molecule has 0 atom stereocenters. The molecule has 0 aliphatic heterocycles. The Morgan fingerprint density at radius 1 is 1.11 bits per heavy atom. The first-order chi connectivity index (χ1) is 8.34. The number of amides is 1. The third kappa shape index (κ3) is 3.07. The van der Waals surface area contributed by atoms with E-state index in [0.29, 0.717) is 5.69 Å². The molecule has 1 rings (SSSR count). The van der Waals surface area contributed by atoms with E-state index < -0.39 is 23.8 Å². The maximum Gasteiger partial charge on any atom is 0.327 e. The molecule has 0 bridgehead atoms. The van der Waals surface area contributed by atoms with E-state index in [0.717, 1.165) is 9.37 Å². The molecule has 2 N–H and O–H groups in total. The molecule has 0 aliphatic rings. The SMILES string of the molecule is CN(C(=O)C(C(=O)O)C(=O)O)c1ccc(Br)cc1. The molecule has 1 amide bonds. The predicted octanol–water partition coefficient (Wildman–Crippen LogP) is 1.20. The molecule has 0 aliphatic carbocycles. The fraction of sp³-hybridized carbons (Fsp3) is 0.182. The Morgan fingerprint density at radius 2 is 1.56 bits per heavy atom. The van der Waals surface area contributed by atoms with Crippen molar-refractivity contribution in [1.29, 1.82) is 0 Å². The Bertz CT molecular complexity index is 471. The minimum absolute atomic E-state index is 0.413. The van der Waals surface area contributed by atoms with Gasteiger partial charge in [-0.3, -0.25) is 14.4 Å². The fourth-order valence-electron chi connectivity index (χ4n) is 1.30. The molecule has 96 valence electrons. The normalized spacial score (nSPS) is 10.2. The third-order valence-corrected chi connectivity index (χ3v) is 2.81. The molecule has 0 fully saturated rings. The predicted molar refractivity (Wildman–Crippen MR) is 66.3 cm³/mol. The van der Waals surface area contributed by atoms with Crippen molar-refractivity contribution in [2.75, 3.05) is 11.9 Å². The Morgan fingerprint density at radius 3 is 1.94 bits per heavy atom. The van der Waals surface area contributed by atoms with Gasteiger partial charge in [0, 0.05) is 17.2 Å². The van der Waals surface area contributed by atoms with Gasteiger partial charge in [0.2, 0.25) is 5.92 Å². The smallest absolute Gasteiger partial charge is 0.327 e. The van der Waals surface area contributed by atoms with Gasteiger partial charge in [0.1, 0.15) is 0 Å². The number of hydrogen-bond donors (Lipinski definition) is 2. The number of rotatable bonds is 4. The molecule has 0 saturated carbocycles. The highest BCUT2D eigenvalue weighted by molar-refractivity contribution is 9.10. The molecule has 0 spiro atoms. The molecular weight excluding hydrogens is 306 g/mol. The van der Waals surface area contributed by atoms with Crippen LogP contribution in [0.1, 0.15) is 0 Å². The number of carboxylic acid groups (broad SMARTS) is 2. The lowest BCUT2D eigenvalue weighted by Gasteiger charge is -2.19. The van der Waals surface area contributed by atoms with Gasteiger partial charge in [-0.05, 0) is 24.3 Å². The highest BCUT2D eigenvalue weighted by Crippen LogP contribution is 2.19. The first-order valence-corrected chi connectivity index (χ1v) is 5.62. The summed E-state index contributed by atoms with van der Waals surface area (Å²) in [6.07, 6.45) is 0. The van der Waals surface area contributed by atoms with Crippen LogP contribution in [0, 0.1) is 5.92 Å². The van der Waals surface area contributed by atoms with Crippen LogP contribution >= 0.6 is 15.9 Å². The van der Waals surface area contributed by atoms with E-state index in [-0.39, 0.29) is 0 Å². The monoisotopic (exact) mass is 315 g/mol. The van der Waals surface area contributed by atoms with Crippen LogP contribution in [0.15, 0.2) is 28.7 Å². The van der Waals surface area contributed by atoms with Crippen molar-refractivity contribution in [1.82, 2.24) is 0 Å². The molecule has 0 aromatic heterocycles. The number of aliphatic carboxylic acids is 2. The van der Waals surface area contributed by atoms with Crippen LogP contribution in [0.4, 0.5) is 5.69 Å². The van der Waals surface area contributed by atoms with Crippen LogP contribution in [0.5, 0.6) is 0 Å². The summed E-state index contributed by atoms with van der Waals surface area (Å²) in [6.45, 7) is 0. The summed E-state index contributed by atoms with van der Waals surface area (Å²) in [6, 6.07) is 6.47. The van der Waals surface area contributed by atoms with Crippen molar-refractivity contribution in [3.8, 4) is 0 Å². The van der Waals surface area contributed by atoms with Gasteiger partial charge >= 0.3 is 11.9 Å². The maximum absolute atomic E-state index is 11.8. The second kappa shape index (κ2) is 5.63. The summed E-state index contributed by atoms with van der Waals surface area (Å²) >= 11 is 3.22. The van der Waals surface area contributed by atoms with E-state index in [1.54, 1.807) is 24.3 Å². The van der Waals surface area contributed by atoms with Gasteiger partial charge in [-0.2, -0.15) is 0 Å². The average molecular weight is 316 g/mol.